The molecule has 2 amide bonds. The zero-order valence-corrected chi connectivity index (χ0v) is 21.7. The van der Waals surface area contributed by atoms with Gasteiger partial charge in [-0.05, 0) is 75.0 Å². The van der Waals surface area contributed by atoms with Crippen molar-refractivity contribution in [2.45, 2.75) is 48.1 Å². The lowest BCUT2D eigenvalue weighted by Crippen LogP contribution is -2.52. The molecule has 2 aromatic rings. The van der Waals surface area contributed by atoms with Crippen LogP contribution >= 0.6 is 11.9 Å². The van der Waals surface area contributed by atoms with Gasteiger partial charge in [0.15, 0.2) is 11.5 Å². The summed E-state index contributed by atoms with van der Waals surface area (Å²) in [6.45, 7) is 0.994. The molecule has 2 fully saturated rings. The molecule has 1 heterocycles. The van der Waals surface area contributed by atoms with Crippen LogP contribution in [0.1, 0.15) is 31.2 Å². The van der Waals surface area contributed by atoms with E-state index in [-0.39, 0.29) is 29.2 Å². The molecule has 4 rings (SSSR count). The number of nitro benzene ring substituents is 1. The molecule has 36 heavy (non-hydrogen) atoms. The van der Waals surface area contributed by atoms with Gasteiger partial charge in [0.05, 0.1) is 37.2 Å². The van der Waals surface area contributed by atoms with E-state index in [1.807, 2.05) is 6.07 Å². The second kappa shape index (κ2) is 10.8. The largest absolute Gasteiger partial charge is 0.495 e. The van der Waals surface area contributed by atoms with Gasteiger partial charge in [0.2, 0.25) is 0 Å². The first-order valence-corrected chi connectivity index (χ1v) is 12.6. The number of amides is 2. The van der Waals surface area contributed by atoms with Crippen LogP contribution in [0.2, 0.25) is 0 Å². The number of rotatable bonds is 8. The number of nitrogens with zero attached hydrogens (tertiary/aromatic N) is 2. The van der Waals surface area contributed by atoms with E-state index in [0.29, 0.717) is 10.6 Å². The Morgan fingerprint density at radius 3 is 2.53 bits per heavy atom. The number of urea groups is 1. The zero-order valence-electron chi connectivity index (χ0n) is 20.9. The van der Waals surface area contributed by atoms with Gasteiger partial charge < -0.3 is 24.4 Å². The first-order valence-electron chi connectivity index (χ1n) is 11.8. The summed E-state index contributed by atoms with van der Waals surface area (Å²) in [5.74, 6) is 1.78. The highest BCUT2D eigenvalue weighted by molar-refractivity contribution is 7.98. The van der Waals surface area contributed by atoms with Crippen LogP contribution in [0, 0.1) is 10.1 Å². The first-order chi connectivity index (χ1) is 17.3. The molecular formula is C25H32N4O6S. The van der Waals surface area contributed by atoms with Crippen molar-refractivity contribution in [3.8, 4) is 17.2 Å². The summed E-state index contributed by atoms with van der Waals surface area (Å²) in [5, 5.41) is 14.1. The van der Waals surface area contributed by atoms with Crippen molar-refractivity contribution in [1.82, 2.24) is 14.9 Å². The molecule has 194 valence electrons. The summed E-state index contributed by atoms with van der Waals surface area (Å²) in [7, 11) is 6.88. The van der Waals surface area contributed by atoms with Crippen LogP contribution in [0.4, 0.5) is 10.5 Å². The van der Waals surface area contributed by atoms with Crippen molar-refractivity contribution in [2.75, 3.05) is 34.9 Å². The van der Waals surface area contributed by atoms with Gasteiger partial charge in [0.1, 0.15) is 5.75 Å². The highest BCUT2D eigenvalue weighted by atomic mass is 32.2. The Kier molecular flexibility index (Phi) is 7.79. The second-order valence-electron chi connectivity index (χ2n) is 9.21. The normalized spacial score (nSPS) is 23.4. The number of hydrogen-bond donors (Lipinski definition) is 2. The molecule has 0 radical (unpaired) electrons. The molecule has 0 bridgehead atoms. The van der Waals surface area contributed by atoms with Gasteiger partial charge in [0.25, 0.3) is 5.69 Å². The van der Waals surface area contributed by atoms with Gasteiger partial charge in [0, 0.05) is 23.6 Å². The molecule has 2 N–H and O–H groups in total. The smallest absolute Gasteiger partial charge is 0.325 e. The van der Waals surface area contributed by atoms with E-state index in [9.17, 15) is 14.9 Å². The minimum absolute atomic E-state index is 0.00380. The fourth-order valence-corrected chi connectivity index (χ4v) is 6.21. The van der Waals surface area contributed by atoms with Crippen LogP contribution in [-0.2, 0) is 5.41 Å². The van der Waals surface area contributed by atoms with Gasteiger partial charge >= 0.3 is 6.03 Å². The summed E-state index contributed by atoms with van der Waals surface area (Å²) >= 11 is 1.07. The number of carbonyl (C=O) groups is 1. The van der Waals surface area contributed by atoms with Crippen molar-refractivity contribution in [3.63, 3.8) is 0 Å². The number of ether oxygens (including phenoxy) is 3. The Morgan fingerprint density at radius 2 is 1.83 bits per heavy atom. The summed E-state index contributed by atoms with van der Waals surface area (Å²) in [5.41, 5.74) is 1.18. The third kappa shape index (κ3) is 5.03. The molecule has 10 nitrogen and oxygen atoms in total. The third-order valence-corrected chi connectivity index (χ3v) is 8.28. The lowest BCUT2D eigenvalue weighted by Gasteiger charge is -2.45. The van der Waals surface area contributed by atoms with Crippen molar-refractivity contribution < 1.29 is 23.9 Å². The number of carbonyl (C=O) groups excluding carboxylic acids is 1. The maximum atomic E-state index is 12.7. The molecule has 3 unspecified atom stereocenters. The maximum Gasteiger partial charge on any atom is 0.325 e. The predicted octanol–water partition coefficient (Wildman–Crippen LogP) is 4.12. The van der Waals surface area contributed by atoms with Crippen LogP contribution in [0.5, 0.6) is 17.2 Å². The Morgan fingerprint density at radius 1 is 1.08 bits per heavy atom. The molecule has 0 spiro atoms. The molecule has 1 aliphatic carbocycles. The molecule has 3 atom stereocenters. The summed E-state index contributed by atoms with van der Waals surface area (Å²) in [4.78, 5) is 26.2. The number of non-ortho nitro benzene ring substituents is 1. The van der Waals surface area contributed by atoms with E-state index in [2.05, 4.69) is 34.1 Å². The minimum atomic E-state index is -0.484. The Bertz CT molecular complexity index is 1130. The van der Waals surface area contributed by atoms with Gasteiger partial charge in [-0.2, -0.15) is 0 Å². The van der Waals surface area contributed by atoms with Crippen LogP contribution < -0.4 is 24.2 Å². The number of likely N-dealkylation sites (N-methyl/N-ethyl adjacent to an activating group) is 1. The maximum absolute atomic E-state index is 12.7. The van der Waals surface area contributed by atoms with Gasteiger partial charge in [-0.1, -0.05) is 6.07 Å². The Labute approximate surface area is 214 Å². The van der Waals surface area contributed by atoms with Crippen molar-refractivity contribution in [3.05, 3.63) is 52.1 Å². The van der Waals surface area contributed by atoms with Gasteiger partial charge in [-0.25, -0.2) is 4.79 Å². The lowest BCUT2D eigenvalue weighted by atomic mass is 9.65. The van der Waals surface area contributed by atoms with Gasteiger partial charge in [-0.3, -0.25) is 14.8 Å². The average Bonchev–Trinajstić information content (AvgIpc) is 3.23. The Hall–Kier alpha value is -3.18. The number of fused-ring (bicyclic) bond motifs is 1. The molecule has 1 saturated heterocycles. The molecule has 0 aromatic heterocycles. The van der Waals surface area contributed by atoms with E-state index < -0.39 is 4.92 Å². The predicted molar refractivity (Wildman–Crippen MR) is 137 cm³/mol. The van der Waals surface area contributed by atoms with E-state index in [4.69, 9.17) is 14.2 Å². The number of benzene rings is 2. The first kappa shape index (κ1) is 25.9. The quantitative estimate of drug-likeness (QED) is 0.306. The van der Waals surface area contributed by atoms with E-state index >= 15 is 0 Å². The molecule has 1 aliphatic heterocycles. The number of likely N-dealkylation sites (tertiary alicyclic amines) is 1. The third-order valence-electron chi connectivity index (χ3n) is 7.43. The summed E-state index contributed by atoms with van der Waals surface area (Å²) < 4.78 is 19.0. The van der Waals surface area contributed by atoms with E-state index in [1.165, 1.54) is 24.8 Å². The molecule has 2 aromatic carbocycles. The fraction of sp³-hybridized carbons (Fsp3) is 0.480. The number of hydrogen-bond acceptors (Lipinski definition) is 8. The summed E-state index contributed by atoms with van der Waals surface area (Å²) in [6, 6.07) is 10.5. The lowest BCUT2D eigenvalue weighted by molar-refractivity contribution is -0.385. The van der Waals surface area contributed by atoms with E-state index in [1.54, 1.807) is 20.3 Å². The standard InChI is InChI=1S/C25H32N4O6S/c1-28-12-11-25(16-5-7-19(33-2)20(13-16)34-3)10-9-17(14-23(25)28)26-24(30)27-36-22-8-6-18(29(31)32)15-21(22)35-4/h5-8,13,15,17,23H,9-12,14H2,1-4H3,(H2,26,27,30). The highest BCUT2D eigenvalue weighted by Gasteiger charge is 2.50. The molecule has 1 saturated carbocycles. The topological polar surface area (TPSA) is 115 Å². The molecule has 2 aliphatic rings. The van der Waals surface area contributed by atoms with E-state index in [0.717, 1.165) is 55.7 Å². The SMILES string of the molecule is COc1ccc(C23CCC(NC(=O)NSc4ccc([N+](=O)[O-])cc4OC)CC2N(C)CC3)cc1OC. The van der Waals surface area contributed by atoms with Crippen LogP contribution in [0.3, 0.4) is 0 Å². The van der Waals surface area contributed by atoms with Crippen molar-refractivity contribution in [2.24, 2.45) is 0 Å². The zero-order chi connectivity index (χ0) is 25.9. The van der Waals surface area contributed by atoms with Crippen molar-refractivity contribution >= 4 is 23.7 Å². The minimum Gasteiger partial charge on any atom is -0.495 e. The van der Waals surface area contributed by atoms with Crippen LogP contribution in [0.15, 0.2) is 41.3 Å². The van der Waals surface area contributed by atoms with Crippen molar-refractivity contribution in [1.29, 1.82) is 0 Å². The molecular weight excluding hydrogens is 484 g/mol. The van der Waals surface area contributed by atoms with Gasteiger partial charge in [-0.15, -0.1) is 0 Å². The van der Waals surface area contributed by atoms with Crippen LogP contribution in [0.25, 0.3) is 0 Å². The number of nitrogens with one attached hydrogen (secondary N) is 2. The van der Waals surface area contributed by atoms with Crippen LogP contribution in [-0.4, -0.2) is 62.9 Å². The second-order valence-corrected chi connectivity index (χ2v) is 10.1. The fourth-order valence-electron chi connectivity index (χ4n) is 5.56. The summed E-state index contributed by atoms with van der Waals surface area (Å²) in [6.07, 6.45) is 3.70. The number of methoxy groups -OCH3 is 3. The Balaban J connectivity index is 1.41. The average molecular weight is 517 g/mol. The number of nitro groups is 1. The monoisotopic (exact) mass is 516 g/mol. The highest BCUT2D eigenvalue weighted by Crippen LogP contribution is 2.49. The molecule has 11 heteroatoms.